The molecule has 0 radical (unpaired) electrons. The molecule has 0 saturated heterocycles. The Bertz CT molecular complexity index is 865. The number of carbonyl (C=O) groups excluding carboxylic acids is 2. The van der Waals surface area contributed by atoms with Gasteiger partial charge in [0, 0.05) is 24.5 Å². The fourth-order valence-electron chi connectivity index (χ4n) is 2.45. The van der Waals surface area contributed by atoms with Crippen LogP contribution in [0.25, 0.3) is 6.08 Å². The van der Waals surface area contributed by atoms with Crippen LogP contribution in [0.15, 0.2) is 18.0 Å². The molecular weight excluding hydrogens is 308 g/mol. The normalized spacial score (nSPS) is 11.2. The molecule has 0 amide bonds. The molecule has 0 unspecified atom stereocenters. The predicted octanol–water partition coefficient (Wildman–Crippen LogP) is 2.33. The first-order valence-corrected chi connectivity index (χ1v) is 7.40. The van der Waals surface area contributed by atoms with Crippen LogP contribution >= 0.6 is 0 Å². The molecule has 0 aliphatic heterocycles. The van der Waals surface area contributed by atoms with Crippen LogP contribution in [0.4, 0.5) is 0 Å². The zero-order valence-electron chi connectivity index (χ0n) is 14.0. The lowest BCUT2D eigenvalue weighted by atomic mass is 10.0. The number of H-pyrrole nitrogens is 1. The van der Waals surface area contributed by atoms with Gasteiger partial charge >= 0.3 is 5.97 Å². The Morgan fingerprint density at radius 2 is 2.17 bits per heavy atom. The Morgan fingerprint density at radius 1 is 1.46 bits per heavy atom. The number of allylic oxidation sites excluding steroid dienone is 1. The largest absolute Gasteiger partial charge is 0.462 e. The SMILES string of the molecule is CCOC(=O)c1c(C)[nH]c(C(=O)/C(C#N)=C/c2cnn(C)c2)c1C. The van der Waals surface area contributed by atoms with Gasteiger partial charge in [-0.25, -0.2) is 4.79 Å². The van der Waals surface area contributed by atoms with E-state index >= 15 is 0 Å². The molecule has 0 saturated carbocycles. The van der Waals surface area contributed by atoms with Gasteiger partial charge in [-0.15, -0.1) is 0 Å². The molecule has 0 aromatic carbocycles. The highest BCUT2D eigenvalue weighted by Gasteiger charge is 2.24. The van der Waals surface area contributed by atoms with Crippen molar-refractivity contribution in [3.63, 3.8) is 0 Å². The van der Waals surface area contributed by atoms with Crippen LogP contribution < -0.4 is 0 Å². The van der Waals surface area contributed by atoms with Gasteiger partial charge < -0.3 is 9.72 Å². The quantitative estimate of drug-likeness (QED) is 0.393. The molecule has 0 aliphatic rings. The molecule has 24 heavy (non-hydrogen) atoms. The van der Waals surface area contributed by atoms with Gasteiger partial charge in [-0.1, -0.05) is 0 Å². The van der Waals surface area contributed by atoms with Gasteiger partial charge in [0.1, 0.15) is 11.6 Å². The Labute approximate surface area is 139 Å². The molecule has 2 heterocycles. The van der Waals surface area contributed by atoms with E-state index in [2.05, 4.69) is 10.1 Å². The molecule has 124 valence electrons. The summed E-state index contributed by atoms with van der Waals surface area (Å²) in [5.41, 5.74) is 2.17. The van der Waals surface area contributed by atoms with Crippen molar-refractivity contribution in [2.45, 2.75) is 20.8 Å². The zero-order chi connectivity index (χ0) is 17.9. The Morgan fingerprint density at radius 3 is 2.71 bits per heavy atom. The maximum absolute atomic E-state index is 12.7. The van der Waals surface area contributed by atoms with E-state index < -0.39 is 11.8 Å². The number of carbonyl (C=O) groups is 2. The molecule has 2 aromatic heterocycles. The number of hydrogen-bond acceptors (Lipinski definition) is 5. The molecule has 7 nitrogen and oxygen atoms in total. The third-order valence-corrected chi connectivity index (χ3v) is 3.55. The lowest BCUT2D eigenvalue weighted by molar-refractivity contribution is 0.0525. The van der Waals surface area contributed by atoms with E-state index in [4.69, 9.17) is 4.74 Å². The van der Waals surface area contributed by atoms with Crippen molar-refractivity contribution in [2.75, 3.05) is 6.61 Å². The molecule has 2 rings (SSSR count). The smallest absolute Gasteiger partial charge is 0.340 e. The van der Waals surface area contributed by atoms with Crippen LogP contribution in [0.5, 0.6) is 0 Å². The molecule has 1 N–H and O–H groups in total. The van der Waals surface area contributed by atoms with Crippen LogP contribution in [0.1, 0.15) is 44.6 Å². The van der Waals surface area contributed by atoms with Crippen molar-refractivity contribution in [2.24, 2.45) is 7.05 Å². The third kappa shape index (κ3) is 3.27. The molecule has 7 heteroatoms. The van der Waals surface area contributed by atoms with Gasteiger partial charge in [0.2, 0.25) is 5.78 Å². The first-order valence-electron chi connectivity index (χ1n) is 7.40. The number of nitriles is 1. The van der Waals surface area contributed by atoms with Gasteiger partial charge in [-0.05, 0) is 32.4 Å². The van der Waals surface area contributed by atoms with Gasteiger partial charge in [-0.2, -0.15) is 10.4 Å². The first-order chi connectivity index (χ1) is 11.4. The first kappa shape index (κ1) is 17.2. The van der Waals surface area contributed by atoms with E-state index in [0.29, 0.717) is 22.4 Å². The highest BCUT2D eigenvalue weighted by atomic mass is 16.5. The van der Waals surface area contributed by atoms with Crippen LogP contribution in [0.3, 0.4) is 0 Å². The summed E-state index contributed by atoms with van der Waals surface area (Å²) in [5.74, 6) is -0.963. The lowest BCUT2D eigenvalue weighted by Gasteiger charge is -2.02. The molecule has 0 bridgehead atoms. The standard InChI is InChI=1S/C17H18N4O3/c1-5-24-17(23)14-10(2)15(20-11(14)3)16(22)13(7-18)6-12-8-19-21(4)9-12/h6,8-9,20H,5H2,1-4H3/b13-6+. The summed E-state index contributed by atoms with van der Waals surface area (Å²) in [5, 5.41) is 13.3. The number of aryl methyl sites for hydroxylation is 2. The summed E-state index contributed by atoms with van der Waals surface area (Å²) in [7, 11) is 1.75. The number of nitrogens with one attached hydrogen (secondary N) is 1. The number of aromatic amines is 1. The third-order valence-electron chi connectivity index (χ3n) is 3.55. The summed E-state index contributed by atoms with van der Waals surface area (Å²) in [6.07, 6.45) is 4.72. The van der Waals surface area contributed by atoms with E-state index in [-0.39, 0.29) is 17.9 Å². The van der Waals surface area contributed by atoms with Crippen molar-refractivity contribution in [3.05, 3.63) is 46.0 Å². The van der Waals surface area contributed by atoms with Gasteiger partial charge in [0.25, 0.3) is 0 Å². The topological polar surface area (TPSA) is 101 Å². The van der Waals surface area contributed by atoms with E-state index in [9.17, 15) is 14.9 Å². The number of Topliss-reactive ketones (excluding diaryl/α,β-unsaturated/α-hetero) is 1. The van der Waals surface area contributed by atoms with Crippen molar-refractivity contribution >= 4 is 17.8 Å². The Balaban J connectivity index is 2.42. The summed E-state index contributed by atoms with van der Waals surface area (Å²) in [4.78, 5) is 27.6. The van der Waals surface area contributed by atoms with Crippen molar-refractivity contribution in [1.82, 2.24) is 14.8 Å². The van der Waals surface area contributed by atoms with Crippen LogP contribution in [-0.4, -0.2) is 33.1 Å². The monoisotopic (exact) mass is 326 g/mol. The summed E-state index contributed by atoms with van der Waals surface area (Å²) < 4.78 is 6.58. The summed E-state index contributed by atoms with van der Waals surface area (Å²) >= 11 is 0. The molecular formula is C17H18N4O3. The van der Waals surface area contributed by atoms with Gasteiger partial charge in [0.05, 0.1) is 24.1 Å². The van der Waals surface area contributed by atoms with Crippen LogP contribution in [0.2, 0.25) is 0 Å². The molecule has 0 aliphatic carbocycles. The number of nitrogens with zero attached hydrogens (tertiary/aromatic N) is 3. The second kappa shape index (κ2) is 6.96. The second-order valence-electron chi connectivity index (χ2n) is 5.29. The number of hydrogen-bond donors (Lipinski definition) is 1. The highest BCUT2D eigenvalue weighted by molar-refractivity contribution is 6.15. The minimum absolute atomic E-state index is 0.0391. The van der Waals surface area contributed by atoms with Gasteiger partial charge in [-0.3, -0.25) is 9.48 Å². The van der Waals surface area contributed by atoms with Crippen LogP contribution in [-0.2, 0) is 11.8 Å². The van der Waals surface area contributed by atoms with Crippen molar-refractivity contribution in [3.8, 4) is 6.07 Å². The average molecular weight is 326 g/mol. The number of ketones is 1. The fourth-order valence-corrected chi connectivity index (χ4v) is 2.45. The average Bonchev–Trinajstić information content (AvgIpc) is 3.07. The second-order valence-corrected chi connectivity index (χ2v) is 5.29. The highest BCUT2D eigenvalue weighted by Crippen LogP contribution is 2.22. The fraction of sp³-hybridized carbons (Fsp3) is 0.294. The zero-order valence-corrected chi connectivity index (χ0v) is 14.0. The maximum Gasteiger partial charge on any atom is 0.340 e. The molecule has 0 spiro atoms. The van der Waals surface area contributed by atoms with Crippen LogP contribution in [0, 0.1) is 25.2 Å². The van der Waals surface area contributed by atoms with Crippen molar-refractivity contribution in [1.29, 1.82) is 5.26 Å². The molecule has 2 aromatic rings. The summed E-state index contributed by atoms with van der Waals surface area (Å²) in [6, 6.07) is 1.91. The molecule has 0 atom stereocenters. The van der Waals surface area contributed by atoms with E-state index in [0.717, 1.165) is 0 Å². The number of ether oxygens (including phenoxy) is 1. The number of esters is 1. The maximum atomic E-state index is 12.7. The van der Waals surface area contributed by atoms with E-state index in [1.807, 2.05) is 6.07 Å². The number of aromatic nitrogens is 3. The minimum Gasteiger partial charge on any atom is -0.462 e. The van der Waals surface area contributed by atoms with E-state index in [1.54, 1.807) is 44.9 Å². The molecule has 0 fully saturated rings. The Hall–Kier alpha value is -3.14. The summed E-state index contributed by atoms with van der Waals surface area (Å²) in [6.45, 7) is 5.30. The Kier molecular flexibility index (Phi) is 4.99. The minimum atomic E-state index is -0.488. The van der Waals surface area contributed by atoms with E-state index in [1.165, 1.54) is 6.08 Å². The lowest BCUT2D eigenvalue weighted by Crippen LogP contribution is -2.08. The van der Waals surface area contributed by atoms with Crippen molar-refractivity contribution < 1.29 is 14.3 Å². The van der Waals surface area contributed by atoms with Gasteiger partial charge in [0.15, 0.2) is 0 Å². The predicted molar refractivity (Wildman–Crippen MR) is 87.4 cm³/mol. The number of rotatable bonds is 5.